The second kappa shape index (κ2) is 12.8. The Labute approximate surface area is 232 Å². The first-order valence-corrected chi connectivity index (χ1v) is 13.7. The number of ether oxygens (including phenoxy) is 2. The molecule has 10 nitrogen and oxygen atoms in total. The SMILES string of the molecule is COc1ccc(/C=C2\SC(=S)N(CCCC(=O)NNC(=O)CSc3nc4ccccc4[nH]3)C2=O)cc1OC. The van der Waals surface area contributed by atoms with Crippen LogP contribution in [-0.2, 0) is 14.4 Å². The number of carbonyl (C=O) groups is 3. The Bertz CT molecular complexity index is 1370. The van der Waals surface area contributed by atoms with Crippen LogP contribution in [0.25, 0.3) is 17.1 Å². The molecule has 1 aromatic heterocycles. The van der Waals surface area contributed by atoms with Gasteiger partial charge in [0.05, 0.1) is 35.9 Å². The first-order chi connectivity index (χ1) is 18.4. The summed E-state index contributed by atoms with van der Waals surface area (Å²) in [5.41, 5.74) is 7.28. The number of hydrazine groups is 1. The summed E-state index contributed by atoms with van der Waals surface area (Å²) in [7, 11) is 3.10. The van der Waals surface area contributed by atoms with Crippen molar-refractivity contribution in [2.75, 3.05) is 26.5 Å². The number of H-pyrrole nitrogens is 1. The topological polar surface area (TPSA) is 126 Å². The molecule has 1 aliphatic rings. The molecule has 1 saturated heterocycles. The van der Waals surface area contributed by atoms with Crippen LogP contribution < -0.4 is 20.3 Å². The lowest BCUT2D eigenvalue weighted by atomic mass is 10.2. The molecule has 4 rings (SSSR count). The van der Waals surface area contributed by atoms with Crippen molar-refractivity contribution in [3.05, 3.63) is 52.9 Å². The summed E-state index contributed by atoms with van der Waals surface area (Å²) in [6.45, 7) is 0.289. The van der Waals surface area contributed by atoms with E-state index in [1.54, 1.807) is 32.4 Å². The van der Waals surface area contributed by atoms with Gasteiger partial charge in [0.25, 0.3) is 5.91 Å². The molecule has 198 valence electrons. The Morgan fingerprint density at radius 3 is 2.66 bits per heavy atom. The molecule has 0 bridgehead atoms. The van der Waals surface area contributed by atoms with Gasteiger partial charge >= 0.3 is 0 Å². The molecule has 2 heterocycles. The molecule has 0 aliphatic carbocycles. The van der Waals surface area contributed by atoms with Gasteiger partial charge in [0.1, 0.15) is 4.32 Å². The van der Waals surface area contributed by atoms with Gasteiger partial charge in [-0.05, 0) is 42.3 Å². The number of nitrogens with one attached hydrogen (secondary N) is 3. The van der Waals surface area contributed by atoms with Crippen molar-refractivity contribution in [2.45, 2.75) is 18.0 Å². The highest BCUT2D eigenvalue weighted by molar-refractivity contribution is 8.26. The van der Waals surface area contributed by atoms with Crippen molar-refractivity contribution in [3.8, 4) is 11.5 Å². The van der Waals surface area contributed by atoms with Crippen LogP contribution in [0.5, 0.6) is 11.5 Å². The van der Waals surface area contributed by atoms with E-state index in [1.165, 1.54) is 28.4 Å². The molecule has 0 radical (unpaired) electrons. The van der Waals surface area contributed by atoms with E-state index < -0.39 is 0 Å². The van der Waals surface area contributed by atoms with Crippen LogP contribution in [0, 0.1) is 0 Å². The minimum atomic E-state index is -0.363. The Hall–Kier alpha value is -3.55. The number of carbonyl (C=O) groups excluding carboxylic acids is 3. The Morgan fingerprint density at radius 2 is 1.89 bits per heavy atom. The minimum absolute atomic E-state index is 0.0864. The average Bonchev–Trinajstić information content (AvgIpc) is 3.46. The van der Waals surface area contributed by atoms with Gasteiger partial charge in [0.15, 0.2) is 16.7 Å². The molecule has 3 amide bonds. The van der Waals surface area contributed by atoms with Crippen LogP contribution in [0.4, 0.5) is 0 Å². The molecule has 38 heavy (non-hydrogen) atoms. The van der Waals surface area contributed by atoms with Gasteiger partial charge in [-0.25, -0.2) is 4.98 Å². The largest absolute Gasteiger partial charge is 0.493 e. The highest BCUT2D eigenvalue weighted by Gasteiger charge is 2.31. The van der Waals surface area contributed by atoms with Crippen molar-refractivity contribution < 1.29 is 23.9 Å². The zero-order chi connectivity index (χ0) is 27.1. The number of thiocarbonyl (C=S) groups is 1. The maximum absolute atomic E-state index is 12.9. The molecular weight excluding hydrogens is 547 g/mol. The number of hydrogen-bond donors (Lipinski definition) is 3. The number of nitrogens with zero attached hydrogens (tertiary/aromatic N) is 2. The Kier molecular flexibility index (Phi) is 9.26. The van der Waals surface area contributed by atoms with Gasteiger partial charge in [-0.2, -0.15) is 0 Å². The lowest BCUT2D eigenvalue weighted by Gasteiger charge is -2.14. The molecular formula is C25H25N5O5S3. The van der Waals surface area contributed by atoms with Crippen LogP contribution in [0.1, 0.15) is 18.4 Å². The van der Waals surface area contributed by atoms with E-state index >= 15 is 0 Å². The molecule has 0 unspecified atom stereocenters. The quantitative estimate of drug-likeness (QED) is 0.145. The first kappa shape index (κ1) is 27.5. The molecule has 0 saturated carbocycles. The zero-order valence-electron chi connectivity index (χ0n) is 20.6. The van der Waals surface area contributed by atoms with Crippen LogP contribution in [-0.4, -0.2) is 63.4 Å². The number of methoxy groups -OCH3 is 2. The smallest absolute Gasteiger partial charge is 0.266 e. The number of aromatic amines is 1. The molecule has 13 heteroatoms. The van der Waals surface area contributed by atoms with Crippen LogP contribution in [0.15, 0.2) is 52.5 Å². The van der Waals surface area contributed by atoms with Crippen molar-refractivity contribution >= 4 is 74.9 Å². The van der Waals surface area contributed by atoms with E-state index in [0.29, 0.717) is 32.3 Å². The fourth-order valence-electron chi connectivity index (χ4n) is 3.55. The summed E-state index contributed by atoms with van der Waals surface area (Å²) in [6, 6.07) is 12.9. The number of amides is 3. The number of fused-ring (bicyclic) bond motifs is 1. The summed E-state index contributed by atoms with van der Waals surface area (Å²) < 4.78 is 11.0. The Morgan fingerprint density at radius 1 is 1.13 bits per heavy atom. The monoisotopic (exact) mass is 571 g/mol. The number of benzene rings is 2. The number of rotatable bonds is 10. The van der Waals surface area contributed by atoms with E-state index in [4.69, 9.17) is 21.7 Å². The number of aromatic nitrogens is 2. The summed E-state index contributed by atoms with van der Waals surface area (Å²) in [6.07, 6.45) is 2.24. The van der Waals surface area contributed by atoms with E-state index in [1.807, 2.05) is 30.3 Å². The van der Waals surface area contributed by atoms with Gasteiger partial charge in [0, 0.05) is 13.0 Å². The summed E-state index contributed by atoms with van der Waals surface area (Å²) in [4.78, 5) is 46.6. The van der Waals surface area contributed by atoms with Gasteiger partial charge in [-0.1, -0.05) is 53.9 Å². The standard InChI is InChI=1S/C25H25N5O5S3/c1-34-18-10-9-15(12-19(18)35-2)13-20-23(33)30(25(36)38-20)11-5-8-21(31)28-29-22(32)14-37-24-26-16-6-3-4-7-17(16)27-24/h3-4,6-7,9-10,12-13H,5,8,11,14H2,1-2H3,(H,26,27)(H,28,31)(H,29,32)/b20-13-. The minimum Gasteiger partial charge on any atom is -0.493 e. The zero-order valence-corrected chi connectivity index (χ0v) is 23.1. The average molecular weight is 572 g/mol. The number of thioether (sulfide) groups is 2. The lowest BCUT2D eigenvalue weighted by molar-refractivity contribution is -0.128. The third-order valence-corrected chi connectivity index (χ3v) is 7.66. The summed E-state index contributed by atoms with van der Waals surface area (Å²) in [5, 5.41) is 0.622. The highest BCUT2D eigenvalue weighted by Crippen LogP contribution is 2.34. The predicted molar refractivity (Wildman–Crippen MR) is 152 cm³/mol. The molecule has 1 fully saturated rings. The van der Waals surface area contributed by atoms with Crippen molar-refractivity contribution in [2.24, 2.45) is 0 Å². The fourth-order valence-corrected chi connectivity index (χ4v) is 5.55. The van der Waals surface area contributed by atoms with Crippen LogP contribution in [0.2, 0.25) is 0 Å². The van der Waals surface area contributed by atoms with E-state index in [0.717, 1.165) is 16.6 Å². The number of hydrogen-bond acceptors (Lipinski definition) is 9. The lowest BCUT2D eigenvalue weighted by Crippen LogP contribution is -2.42. The van der Waals surface area contributed by atoms with Gasteiger partial charge in [-0.15, -0.1) is 0 Å². The molecule has 0 atom stereocenters. The summed E-state index contributed by atoms with van der Waals surface area (Å²) in [5.74, 6) is 0.299. The fraction of sp³-hybridized carbons (Fsp3) is 0.240. The van der Waals surface area contributed by atoms with Crippen LogP contribution >= 0.6 is 35.7 Å². The van der Waals surface area contributed by atoms with E-state index in [9.17, 15) is 14.4 Å². The van der Waals surface area contributed by atoms with Crippen molar-refractivity contribution in [1.29, 1.82) is 0 Å². The normalized spacial score (nSPS) is 14.3. The van der Waals surface area contributed by atoms with Gasteiger partial charge < -0.3 is 14.5 Å². The first-order valence-electron chi connectivity index (χ1n) is 11.5. The third kappa shape index (κ3) is 6.85. The maximum Gasteiger partial charge on any atom is 0.266 e. The second-order valence-corrected chi connectivity index (χ2v) is 10.6. The van der Waals surface area contributed by atoms with Crippen LogP contribution in [0.3, 0.4) is 0 Å². The number of imidazole rings is 1. The number of para-hydroxylation sites is 2. The second-order valence-electron chi connectivity index (χ2n) is 8.00. The third-order valence-electron chi connectivity index (χ3n) is 5.41. The molecule has 1 aliphatic heterocycles. The van der Waals surface area contributed by atoms with Crippen molar-refractivity contribution in [3.63, 3.8) is 0 Å². The Balaban J connectivity index is 1.19. The molecule has 0 spiro atoms. The predicted octanol–water partition coefficient (Wildman–Crippen LogP) is 3.50. The molecule has 3 N–H and O–H groups in total. The highest BCUT2D eigenvalue weighted by atomic mass is 32.2. The van der Waals surface area contributed by atoms with E-state index in [-0.39, 0.29) is 36.4 Å². The van der Waals surface area contributed by atoms with Crippen molar-refractivity contribution in [1.82, 2.24) is 25.7 Å². The van der Waals surface area contributed by atoms with Gasteiger partial charge in [-0.3, -0.25) is 30.1 Å². The molecule has 2 aromatic carbocycles. The summed E-state index contributed by atoms with van der Waals surface area (Å²) >= 11 is 7.81. The van der Waals surface area contributed by atoms with E-state index in [2.05, 4.69) is 20.8 Å². The maximum atomic E-state index is 12.9. The van der Waals surface area contributed by atoms with Gasteiger partial charge in [0.2, 0.25) is 11.8 Å². The molecule has 3 aromatic rings.